The highest BCUT2D eigenvalue weighted by Crippen LogP contribution is 2.27. The molecule has 38 heavy (non-hydrogen) atoms. The van der Waals surface area contributed by atoms with E-state index in [4.69, 9.17) is 0 Å². The van der Waals surface area contributed by atoms with Crippen molar-refractivity contribution >= 4 is 17.6 Å². The van der Waals surface area contributed by atoms with Gasteiger partial charge in [0.05, 0.1) is 18.3 Å². The summed E-state index contributed by atoms with van der Waals surface area (Å²) in [6.45, 7) is 6.52. The van der Waals surface area contributed by atoms with Gasteiger partial charge in [-0.05, 0) is 48.9 Å². The fourth-order valence-corrected chi connectivity index (χ4v) is 4.93. The number of hydrogen-bond acceptors (Lipinski definition) is 6. The lowest BCUT2D eigenvalue weighted by Crippen LogP contribution is -2.49. The number of rotatable bonds is 9. The molecule has 0 spiro atoms. The summed E-state index contributed by atoms with van der Waals surface area (Å²) in [6.07, 6.45) is 5.25. The first-order valence-corrected chi connectivity index (χ1v) is 13.2. The molecule has 2 amide bonds. The quantitative estimate of drug-likeness (QED) is 0.405. The largest absolute Gasteiger partial charge is 0.358 e. The van der Waals surface area contributed by atoms with Crippen LogP contribution in [0.3, 0.4) is 0 Å². The van der Waals surface area contributed by atoms with Crippen LogP contribution in [0.1, 0.15) is 47.3 Å². The second-order valence-corrected chi connectivity index (χ2v) is 10.3. The summed E-state index contributed by atoms with van der Waals surface area (Å²) >= 11 is 0. The van der Waals surface area contributed by atoms with E-state index in [0.29, 0.717) is 30.9 Å². The lowest BCUT2D eigenvalue weighted by molar-refractivity contribution is -0.124. The standard InChI is InChI=1S/C29H34N6O3/c1-19-8-9-22(28(37)32-23-10-11-23)16-24(19)35-15-13-31-27(29(35)38)33-26(21-6-4-3-5-7-21)20(2)17-34-14-12-30-25(36)18-34/h3-9,13,15-16,20,23,26H,10-12,14,17-18H2,1-2H3,(H,30,36)(H,31,33)(H,32,37)/t20-,26+/m0/s1. The lowest BCUT2D eigenvalue weighted by atomic mass is 9.93. The number of hydrogen-bond donors (Lipinski definition) is 3. The fourth-order valence-electron chi connectivity index (χ4n) is 4.93. The third kappa shape index (κ3) is 5.94. The van der Waals surface area contributed by atoms with E-state index < -0.39 is 0 Å². The highest BCUT2D eigenvalue weighted by molar-refractivity contribution is 5.95. The zero-order chi connectivity index (χ0) is 26.6. The molecule has 1 saturated carbocycles. The van der Waals surface area contributed by atoms with Gasteiger partial charge in [-0.1, -0.05) is 43.3 Å². The number of nitrogens with zero attached hydrogens (tertiary/aromatic N) is 3. The van der Waals surface area contributed by atoms with Crippen molar-refractivity contribution in [2.45, 2.75) is 38.8 Å². The Morgan fingerprint density at radius 3 is 2.68 bits per heavy atom. The molecule has 2 heterocycles. The Balaban J connectivity index is 1.43. The molecular weight excluding hydrogens is 480 g/mol. The van der Waals surface area contributed by atoms with Crippen LogP contribution < -0.4 is 21.5 Å². The van der Waals surface area contributed by atoms with Gasteiger partial charge >= 0.3 is 0 Å². The smallest absolute Gasteiger partial charge is 0.297 e. The van der Waals surface area contributed by atoms with Gasteiger partial charge in [-0.25, -0.2) is 4.98 Å². The van der Waals surface area contributed by atoms with Crippen molar-refractivity contribution < 1.29 is 9.59 Å². The van der Waals surface area contributed by atoms with Gasteiger partial charge < -0.3 is 16.0 Å². The molecule has 9 heteroatoms. The van der Waals surface area contributed by atoms with Crippen molar-refractivity contribution in [3.8, 4) is 5.69 Å². The minimum absolute atomic E-state index is 0.0312. The van der Waals surface area contributed by atoms with Gasteiger partial charge in [0.2, 0.25) is 5.91 Å². The van der Waals surface area contributed by atoms with Crippen LogP contribution in [0.4, 0.5) is 5.82 Å². The molecule has 1 saturated heterocycles. The van der Waals surface area contributed by atoms with E-state index in [1.807, 2.05) is 43.3 Å². The molecule has 2 aromatic carbocycles. The highest BCUT2D eigenvalue weighted by atomic mass is 16.2. The maximum Gasteiger partial charge on any atom is 0.297 e. The SMILES string of the molecule is Cc1ccc(C(=O)NC2CC2)cc1-n1ccnc(N[C@@H](c2ccccc2)[C@@H](C)CN2CCNC(=O)C2)c1=O. The lowest BCUT2D eigenvalue weighted by Gasteiger charge is -2.33. The molecule has 1 aliphatic carbocycles. The van der Waals surface area contributed by atoms with Gasteiger partial charge in [-0.3, -0.25) is 23.9 Å². The topological polar surface area (TPSA) is 108 Å². The number of amides is 2. The van der Waals surface area contributed by atoms with E-state index in [0.717, 1.165) is 30.5 Å². The first-order chi connectivity index (χ1) is 18.4. The average molecular weight is 515 g/mol. The van der Waals surface area contributed by atoms with Gasteiger partial charge in [0.15, 0.2) is 5.82 Å². The maximum absolute atomic E-state index is 13.7. The zero-order valence-electron chi connectivity index (χ0n) is 21.8. The van der Waals surface area contributed by atoms with Crippen molar-refractivity contribution in [3.63, 3.8) is 0 Å². The van der Waals surface area contributed by atoms with Crippen LogP contribution in [0.2, 0.25) is 0 Å². The third-order valence-electron chi connectivity index (χ3n) is 7.17. The molecule has 3 aromatic rings. The number of anilines is 1. The summed E-state index contributed by atoms with van der Waals surface area (Å²) in [5.74, 6) is 0.216. The molecular formula is C29H34N6O3. The summed E-state index contributed by atoms with van der Waals surface area (Å²) in [7, 11) is 0. The summed E-state index contributed by atoms with van der Waals surface area (Å²) in [5, 5.41) is 9.29. The summed E-state index contributed by atoms with van der Waals surface area (Å²) in [4.78, 5) is 44.8. The Labute approximate surface area is 222 Å². The Morgan fingerprint density at radius 2 is 1.95 bits per heavy atom. The molecule has 1 aromatic heterocycles. The van der Waals surface area contributed by atoms with E-state index in [9.17, 15) is 14.4 Å². The summed E-state index contributed by atoms with van der Waals surface area (Å²) < 4.78 is 1.54. The average Bonchev–Trinajstić information content (AvgIpc) is 3.73. The van der Waals surface area contributed by atoms with Crippen LogP contribution in [-0.4, -0.2) is 58.5 Å². The van der Waals surface area contributed by atoms with Crippen molar-refractivity contribution in [3.05, 3.63) is 88.0 Å². The molecule has 2 fully saturated rings. The molecule has 198 valence electrons. The number of aryl methyl sites for hydroxylation is 1. The molecule has 5 rings (SSSR count). The number of carbonyl (C=O) groups excluding carboxylic acids is 2. The minimum atomic E-state index is -0.291. The zero-order valence-corrected chi connectivity index (χ0v) is 21.8. The molecule has 1 aliphatic heterocycles. The van der Waals surface area contributed by atoms with Crippen LogP contribution in [0, 0.1) is 12.8 Å². The van der Waals surface area contributed by atoms with E-state index >= 15 is 0 Å². The van der Waals surface area contributed by atoms with E-state index in [1.165, 1.54) is 0 Å². The first kappa shape index (κ1) is 25.7. The van der Waals surface area contributed by atoms with Crippen molar-refractivity contribution in [2.75, 3.05) is 31.5 Å². The normalized spacial score (nSPS) is 17.4. The monoisotopic (exact) mass is 514 g/mol. The maximum atomic E-state index is 13.7. The second kappa shape index (κ2) is 11.2. The molecule has 3 N–H and O–H groups in total. The number of benzene rings is 2. The minimum Gasteiger partial charge on any atom is -0.358 e. The van der Waals surface area contributed by atoms with Crippen molar-refractivity contribution in [1.29, 1.82) is 0 Å². The summed E-state index contributed by atoms with van der Waals surface area (Å²) in [6, 6.07) is 15.4. The van der Waals surface area contributed by atoms with Crippen molar-refractivity contribution in [1.82, 2.24) is 25.1 Å². The number of nitrogens with one attached hydrogen (secondary N) is 3. The third-order valence-corrected chi connectivity index (χ3v) is 7.17. The Kier molecular flexibility index (Phi) is 7.55. The van der Waals surface area contributed by atoms with Crippen LogP contribution in [0.25, 0.3) is 5.69 Å². The van der Waals surface area contributed by atoms with Gasteiger partial charge in [-0.15, -0.1) is 0 Å². The molecule has 0 unspecified atom stereocenters. The first-order valence-electron chi connectivity index (χ1n) is 13.2. The number of carbonyl (C=O) groups is 2. The van der Waals surface area contributed by atoms with E-state index in [1.54, 1.807) is 29.1 Å². The van der Waals surface area contributed by atoms with Crippen LogP contribution in [0.5, 0.6) is 0 Å². The van der Waals surface area contributed by atoms with Crippen molar-refractivity contribution in [2.24, 2.45) is 5.92 Å². The van der Waals surface area contributed by atoms with Crippen LogP contribution >= 0.6 is 0 Å². The predicted octanol–water partition coefficient (Wildman–Crippen LogP) is 2.65. The number of aromatic nitrogens is 2. The van der Waals surface area contributed by atoms with Gasteiger partial charge in [0, 0.05) is 43.6 Å². The predicted molar refractivity (Wildman–Crippen MR) is 146 cm³/mol. The highest BCUT2D eigenvalue weighted by Gasteiger charge is 2.26. The van der Waals surface area contributed by atoms with Gasteiger partial charge in [0.25, 0.3) is 11.5 Å². The molecule has 0 bridgehead atoms. The Morgan fingerprint density at radius 1 is 1.16 bits per heavy atom. The molecule has 2 atom stereocenters. The molecule has 2 aliphatic rings. The van der Waals surface area contributed by atoms with Gasteiger partial charge in [-0.2, -0.15) is 0 Å². The van der Waals surface area contributed by atoms with Crippen LogP contribution in [0.15, 0.2) is 65.7 Å². The number of piperazine rings is 1. The Hall–Kier alpha value is -3.98. The second-order valence-electron chi connectivity index (χ2n) is 10.3. The summed E-state index contributed by atoms with van der Waals surface area (Å²) in [5.41, 5.74) is 2.79. The van der Waals surface area contributed by atoms with Gasteiger partial charge in [0.1, 0.15) is 0 Å². The Bertz CT molecular complexity index is 1370. The van der Waals surface area contributed by atoms with E-state index in [2.05, 4.69) is 32.8 Å². The molecule has 9 nitrogen and oxygen atoms in total. The fraction of sp³-hybridized carbons (Fsp3) is 0.379. The van der Waals surface area contributed by atoms with E-state index in [-0.39, 0.29) is 41.2 Å². The van der Waals surface area contributed by atoms with Crippen LogP contribution in [-0.2, 0) is 4.79 Å². The molecule has 0 radical (unpaired) electrons.